The van der Waals surface area contributed by atoms with E-state index in [4.69, 9.17) is 5.73 Å². The number of nitrogens with two attached hydrogens (primary N) is 1. The Morgan fingerprint density at radius 3 is 2.55 bits per heavy atom. The van der Waals surface area contributed by atoms with Gasteiger partial charge in [-0.1, -0.05) is 25.7 Å². The van der Waals surface area contributed by atoms with Gasteiger partial charge in [-0.3, -0.25) is 4.79 Å². The van der Waals surface area contributed by atoms with E-state index in [-0.39, 0.29) is 17.6 Å². The molecule has 3 nitrogen and oxygen atoms in total. The van der Waals surface area contributed by atoms with E-state index in [0.717, 1.165) is 12.8 Å². The number of nitrogens with one attached hydrogen (secondary N) is 1. The zero-order valence-electron chi connectivity index (χ0n) is 12.0. The summed E-state index contributed by atoms with van der Waals surface area (Å²) in [5.41, 5.74) is 5.82. The lowest BCUT2D eigenvalue weighted by molar-refractivity contribution is 0.0923. The third-order valence-corrected chi connectivity index (χ3v) is 4.23. The fourth-order valence-electron chi connectivity index (χ4n) is 2.89. The second kappa shape index (κ2) is 6.73. The number of carbonyl (C=O) groups excluding carboxylic acids is 1. The number of hydrogen-bond donors (Lipinski definition) is 2. The first-order chi connectivity index (χ1) is 9.58. The molecule has 0 bridgehead atoms. The molecule has 1 aromatic rings. The molecule has 20 heavy (non-hydrogen) atoms. The third kappa shape index (κ3) is 3.71. The van der Waals surface area contributed by atoms with Gasteiger partial charge in [0.15, 0.2) is 0 Å². The quantitative estimate of drug-likeness (QED) is 0.657. The topological polar surface area (TPSA) is 55.1 Å². The molecule has 0 radical (unpaired) electrons. The maximum absolute atomic E-state index is 13.4. The van der Waals surface area contributed by atoms with Crippen LogP contribution in [0.4, 0.5) is 10.1 Å². The molecule has 1 aliphatic rings. The summed E-state index contributed by atoms with van der Waals surface area (Å²) in [5.74, 6) is -0.236. The Balaban J connectivity index is 1.97. The zero-order chi connectivity index (χ0) is 14.5. The Bertz CT molecular complexity index is 468. The van der Waals surface area contributed by atoms with E-state index >= 15 is 0 Å². The van der Waals surface area contributed by atoms with Crippen LogP contribution in [0.5, 0.6) is 0 Å². The number of benzene rings is 1. The highest BCUT2D eigenvalue weighted by Crippen LogP contribution is 2.25. The van der Waals surface area contributed by atoms with Crippen molar-refractivity contribution in [3.63, 3.8) is 0 Å². The fraction of sp³-hybridized carbons (Fsp3) is 0.562. The molecular weight excluding hydrogens is 255 g/mol. The number of rotatable bonds is 3. The first kappa shape index (κ1) is 14.8. The molecular formula is C16H23FN2O. The molecule has 0 aliphatic heterocycles. The molecule has 1 saturated carbocycles. The van der Waals surface area contributed by atoms with Crippen molar-refractivity contribution in [3.05, 3.63) is 29.6 Å². The summed E-state index contributed by atoms with van der Waals surface area (Å²) in [6.07, 6.45) is 7.39. The second-order valence-corrected chi connectivity index (χ2v) is 5.75. The lowest BCUT2D eigenvalue weighted by Gasteiger charge is -2.23. The summed E-state index contributed by atoms with van der Waals surface area (Å²) in [7, 11) is 0. The van der Waals surface area contributed by atoms with Gasteiger partial charge < -0.3 is 11.1 Å². The van der Waals surface area contributed by atoms with Crippen molar-refractivity contribution < 1.29 is 9.18 Å². The summed E-state index contributed by atoms with van der Waals surface area (Å²) in [6.45, 7) is 2.04. The van der Waals surface area contributed by atoms with Crippen molar-refractivity contribution in [2.45, 2.75) is 51.5 Å². The average molecular weight is 278 g/mol. The van der Waals surface area contributed by atoms with E-state index in [9.17, 15) is 9.18 Å². The van der Waals surface area contributed by atoms with Gasteiger partial charge in [0.25, 0.3) is 5.91 Å². The molecule has 0 saturated heterocycles. The van der Waals surface area contributed by atoms with Crippen molar-refractivity contribution in [1.82, 2.24) is 5.32 Å². The number of anilines is 1. The van der Waals surface area contributed by atoms with Gasteiger partial charge in [0.05, 0.1) is 5.69 Å². The molecule has 1 amide bonds. The summed E-state index contributed by atoms with van der Waals surface area (Å²) in [4.78, 5) is 12.1. The van der Waals surface area contributed by atoms with E-state index in [1.165, 1.54) is 37.8 Å². The minimum atomic E-state index is -0.542. The molecule has 0 aromatic heterocycles. The predicted octanol–water partition coefficient (Wildman–Crippen LogP) is 3.50. The van der Waals surface area contributed by atoms with Gasteiger partial charge in [-0.2, -0.15) is 0 Å². The Kier molecular flexibility index (Phi) is 4.99. The SMILES string of the molecule is C[C@H](NC(=O)c1ccc(N)c(F)c1)C1CCCCCC1. The molecule has 1 aromatic carbocycles. The Hall–Kier alpha value is -1.58. The maximum atomic E-state index is 13.4. The van der Waals surface area contributed by atoms with E-state index < -0.39 is 5.82 Å². The molecule has 0 heterocycles. The molecule has 3 N–H and O–H groups in total. The summed E-state index contributed by atoms with van der Waals surface area (Å²) in [6, 6.07) is 4.32. The Morgan fingerprint density at radius 1 is 1.30 bits per heavy atom. The Morgan fingerprint density at radius 2 is 1.95 bits per heavy atom. The van der Waals surface area contributed by atoms with Crippen LogP contribution in [0.1, 0.15) is 55.8 Å². The van der Waals surface area contributed by atoms with Crippen LogP contribution in [0, 0.1) is 11.7 Å². The largest absolute Gasteiger partial charge is 0.396 e. The minimum absolute atomic E-state index is 0.0679. The van der Waals surface area contributed by atoms with Crippen LogP contribution in [0.2, 0.25) is 0 Å². The van der Waals surface area contributed by atoms with Gasteiger partial charge in [0.2, 0.25) is 0 Å². The smallest absolute Gasteiger partial charge is 0.251 e. The predicted molar refractivity (Wildman–Crippen MR) is 78.9 cm³/mol. The minimum Gasteiger partial charge on any atom is -0.396 e. The van der Waals surface area contributed by atoms with Crippen LogP contribution in [-0.4, -0.2) is 11.9 Å². The van der Waals surface area contributed by atoms with Crippen molar-refractivity contribution in [2.24, 2.45) is 5.92 Å². The van der Waals surface area contributed by atoms with Gasteiger partial charge in [-0.05, 0) is 43.9 Å². The number of halogens is 1. The first-order valence-corrected chi connectivity index (χ1v) is 7.44. The molecule has 1 atom stereocenters. The van der Waals surface area contributed by atoms with Crippen LogP contribution >= 0.6 is 0 Å². The molecule has 0 unspecified atom stereocenters. The van der Waals surface area contributed by atoms with Crippen molar-refractivity contribution in [2.75, 3.05) is 5.73 Å². The highest BCUT2D eigenvalue weighted by Gasteiger charge is 2.21. The zero-order valence-corrected chi connectivity index (χ0v) is 12.0. The number of carbonyl (C=O) groups is 1. The van der Waals surface area contributed by atoms with E-state index in [1.807, 2.05) is 6.92 Å². The summed E-state index contributed by atoms with van der Waals surface area (Å²) in [5, 5.41) is 2.99. The lowest BCUT2D eigenvalue weighted by atomic mass is 9.93. The Labute approximate surface area is 119 Å². The van der Waals surface area contributed by atoms with Gasteiger partial charge in [0, 0.05) is 11.6 Å². The summed E-state index contributed by atoms with van der Waals surface area (Å²) >= 11 is 0. The van der Waals surface area contributed by atoms with Crippen molar-refractivity contribution in [3.8, 4) is 0 Å². The lowest BCUT2D eigenvalue weighted by Crippen LogP contribution is -2.38. The fourth-order valence-corrected chi connectivity index (χ4v) is 2.89. The molecule has 2 rings (SSSR count). The van der Waals surface area contributed by atoms with Gasteiger partial charge >= 0.3 is 0 Å². The molecule has 110 valence electrons. The third-order valence-electron chi connectivity index (χ3n) is 4.23. The van der Waals surface area contributed by atoms with Crippen LogP contribution in [0.3, 0.4) is 0 Å². The molecule has 4 heteroatoms. The molecule has 1 aliphatic carbocycles. The standard InChI is InChI=1S/C16H23FN2O/c1-11(12-6-4-2-3-5-7-12)19-16(20)13-8-9-15(18)14(17)10-13/h8-12H,2-7,18H2,1H3,(H,19,20)/t11-/m0/s1. The molecule has 1 fully saturated rings. The van der Waals surface area contributed by atoms with Gasteiger partial charge in [-0.15, -0.1) is 0 Å². The highest BCUT2D eigenvalue weighted by molar-refractivity contribution is 5.94. The molecule has 0 spiro atoms. The number of hydrogen-bond acceptors (Lipinski definition) is 2. The van der Waals surface area contributed by atoms with Crippen molar-refractivity contribution in [1.29, 1.82) is 0 Å². The van der Waals surface area contributed by atoms with E-state index in [0.29, 0.717) is 11.5 Å². The monoisotopic (exact) mass is 278 g/mol. The van der Waals surface area contributed by atoms with Crippen LogP contribution in [0.25, 0.3) is 0 Å². The normalized spacial score (nSPS) is 18.3. The van der Waals surface area contributed by atoms with Crippen molar-refractivity contribution >= 4 is 11.6 Å². The summed E-state index contributed by atoms with van der Waals surface area (Å²) < 4.78 is 13.4. The van der Waals surface area contributed by atoms with Crippen LogP contribution < -0.4 is 11.1 Å². The maximum Gasteiger partial charge on any atom is 0.251 e. The average Bonchev–Trinajstić information content (AvgIpc) is 2.70. The van der Waals surface area contributed by atoms with Crippen LogP contribution in [-0.2, 0) is 0 Å². The van der Waals surface area contributed by atoms with Gasteiger partial charge in [-0.25, -0.2) is 4.39 Å². The first-order valence-electron chi connectivity index (χ1n) is 7.44. The van der Waals surface area contributed by atoms with Gasteiger partial charge in [0.1, 0.15) is 5.82 Å². The number of amides is 1. The second-order valence-electron chi connectivity index (χ2n) is 5.75. The number of nitrogen functional groups attached to an aromatic ring is 1. The van der Waals surface area contributed by atoms with E-state index in [1.54, 1.807) is 6.07 Å². The van der Waals surface area contributed by atoms with E-state index in [2.05, 4.69) is 5.32 Å². The highest BCUT2D eigenvalue weighted by atomic mass is 19.1. The van der Waals surface area contributed by atoms with Crippen LogP contribution in [0.15, 0.2) is 18.2 Å².